The van der Waals surface area contributed by atoms with E-state index in [0.717, 1.165) is 0 Å². The van der Waals surface area contributed by atoms with Crippen molar-refractivity contribution in [2.75, 3.05) is 13.3 Å². The van der Waals surface area contributed by atoms with Gasteiger partial charge in [-0.05, 0) is 5.41 Å². The van der Waals surface area contributed by atoms with Crippen LogP contribution in [0.4, 0.5) is 0 Å². The summed E-state index contributed by atoms with van der Waals surface area (Å²) in [5.41, 5.74) is 0.00577. The van der Waals surface area contributed by atoms with Gasteiger partial charge in [0.05, 0.1) is 0 Å². The Bertz CT molecular complexity index is 218. The quantitative estimate of drug-likeness (QED) is 0.512. The third-order valence-corrected chi connectivity index (χ3v) is 1.53. The Balaban J connectivity index is 4.17. The van der Waals surface area contributed by atoms with Gasteiger partial charge < -0.3 is 9.64 Å². The summed E-state index contributed by atoms with van der Waals surface area (Å²) in [6, 6.07) is 0. The molecule has 0 atom stereocenters. The van der Waals surface area contributed by atoms with Crippen molar-refractivity contribution in [1.82, 2.24) is 4.90 Å². The molecule has 0 rings (SSSR count). The predicted molar refractivity (Wildman–Crippen MR) is 53.5 cm³/mol. The van der Waals surface area contributed by atoms with Crippen LogP contribution in [0.1, 0.15) is 34.6 Å². The second-order valence-corrected chi connectivity index (χ2v) is 4.54. The van der Waals surface area contributed by atoms with Crippen molar-refractivity contribution in [3.63, 3.8) is 0 Å². The molecule has 0 bridgehead atoms. The first-order valence-electron chi connectivity index (χ1n) is 4.61. The van der Waals surface area contributed by atoms with Crippen molar-refractivity contribution < 1.29 is 14.3 Å². The van der Waals surface area contributed by atoms with Crippen molar-refractivity contribution in [3.8, 4) is 0 Å². The van der Waals surface area contributed by atoms with Crippen LogP contribution in [-0.2, 0) is 14.3 Å². The van der Waals surface area contributed by atoms with Gasteiger partial charge in [-0.15, -0.1) is 0 Å². The zero-order valence-corrected chi connectivity index (χ0v) is 9.59. The number of hydrogen-bond donors (Lipinski definition) is 0. The van der Waals surface area contributed by atoms with E-state index in [1.165, 1.54) is 18.7 Å². The van der Waals surface area contributed by atoms with E-state index in [4.69, 9.17) is 4.74 Å². The van der Waals surface area contributed by atoms with Gasteiger partial charge in [0.25, 0.3) is 0 Å². The lowest BCUT2D eigenvalue weighted by Gasteiger charge is -2.28. The van der Waals surface area contributed by atoms with Crippen LogP contribution in [0.15, 0.2) is 0 Å². The molecule has 0 aromatic carbocycles. The third kappa shape index (κ3) is 6.46. The number of carbonyl (C=O) groups excluding carboxylic acids is 2. The fourth-order valence-corrected chi connectivity index (χ4v) is 0.989. The number of hydrogen-bond acceptors (Lipinski definition) is 3. The number of nitrogens with zero attached hydrogens (tertiary/aromatic N) is 1. The predicted octanol–water partition coefficient (Wildman–Crippen LogP) is 1.40. The molecular weight excluding hydrogens is 182 g/mol. The molecule has 4 nitrogen and oxygen atoms in total. The first-order valence-corrected chi connectivity index (χ1v) is 4.61. The van der Waals surface area contributed by atoms with Crippen molar-refractivity contribution >= 4 is 11.9 Å². The van der Waals surface area contributed by atoms with Gasteiger partial charge in [-0.1, -0.05) is 20.8 Å². The molecule has 0 saturated heterocycles. The summed E-state index contributed by atoms with van der Waals surface area (Å²) in [5, 5.41) is 0. The molecule has 0 unspecified atom stereocenters. The summed E-state index contributed by atoms with van der Waals surface area (Å²) < 4.78 is 4.78. The van der Waals surface area contributed by atoms with Crippen LogP contribution in [0.2, 0.25) is 0 Å². The minimum Gasteiger partial charge on any atom is -0.444 e. The first-order chi connectivity index (χ1) is 6.22. The fraction of sp³-hybridized carbons (Fsp3) is 0.800. The molecule has 0 saturated carbocycles. The second-order valence-electron chi connectivity index (χ2n) is 4.54. The maximum absolute atomic E-state index is 11.2. The fourth-order valence-electron chi connectivity index (χ4n) is 0.989. The molecule has 0 aromatic rings. The van der Waals surface area contributed by atoms with Crippen molar-refractivity contribution in [3.05, 3.63) is 0 Å². The highest BCUT2D eigenvalue weighted by atomic mass is 16.5. The number of rotatable bonds is 3. The Kier molecular flexibility index (Phi) is 4.60. The van der Waals surface area contributed by atoms with Gasteiger partial charge in [0.15, 0.2) is 6.73 Å². The Labute approximate surface area is 85.2 Å². The van der Waals surface area contributed by atoms with E-state index >= 15 is 0 Å². The van der Waals surface area contributed by atoms with Crippen LogP contribution in [-0.4, -0.2) is 30.1 Å². The molecule has 0 heterocycles. The van der Waals surface area contributed by atoms with E-state index < -0.39 is 0 Å². The van der Waals surface area contributed by atoms with Gasteiger partial charge in [-0.25, -0.2) is 0 Å². The zero-order valence-electron chi connectivity index (χ0n) is 9.59. The topological polar surface area (TPSA) is 46.6 Å². The Morgan fingerprint density at radius 3 is 2.00 bits per heavy atom. The first kappa shape index (κ1) is 12.9. The molecule has 0 radical (unpaired) electrons. The summed E-state index contributed by atoms with van der Waals surface area (Å²) >= 11 is 0. The molecule has 0 aromatic heterocycles. The smallest absolute Gasteiger partial charge is 0.304 e. The van der Waals surface area contributed by atoms with Gasteiger partial charge in [-0.2, -0.15) is 0 Å². The van der Waals surface area contributed by atoms with Gasteiger partial charge in [0.1, 0.15) is 0 Å². The Hall–Kier alpha value is -1.06. The Morgan fingerprint density at radius 1 is 1.21 bits per heavy atom. The van der Waals surface area contributed by atoms with Crippen molar-refractivity contribution in [1.29, 1.82) is 0 Å². The van der Waals surface area contributed by atoms with Crippen LogP contribution >= 0.6 is 0 Å². The molecule has 82 valence electrons. The lowest BCUT2D eigenvalue weighted by molar-refractivity contribution is -0.151. The van der Waals surface area contributed by atoms with Crippen molar-refractivity contribution in [2.24, 2.45) is 5.41 Å². The van der Waals surface area contributed by atoms with Gasteiger partial charge in [0.2, 0.25) is 5.91 Å². The molecule has 0 aliphatic carbocycles. The molecule has 0 spiro atoms. The van der Waals surface area contributed by atoms with E-state index in [1.807, 2.05) is 20.8 Å². The number of amides is 1. The normalized spacial score (nSPS) is 10.9. The van der Waals surface area contributed by atoms with Gasteiger partial charge in [-0.3, -0.25) is 9.59 Å². The molecule has 0 fully saturated rings. The van der Waals surface area contributed by atoms with E-state index in [2.05, 4.69) is 0 Å². The van der Waals surface area contributed by atoms with E-state index in [0.29, 0.717) is 6.54 Å². The minimum absolute atomic E-state index is 0.00577. The second kappa shape index (κ2) is 4.98. The van der Waals surface area contributed by atoms with E-state index in [-0.39, 0.29) is 24.0 Å². The van der Waals surface area contributed by atoms with E-state index in [1.54, 1.807) is 0 Å². The third-order valence-electron chi connectivity index (χ3n) is 1.53. The van der Waals surface area contributed by atoms with Gasteiger partial charge in [0, 0.05) is 20.4 Å². The summed E-state index contributed by atoms with van der Waals surface area (Å²) in [6.45, 7) is 9.49. The monoisotopic (exact) mass is 201 g/mol. The summed E-state index contributed by atoms with van der Waals surface area (Å²) in [7, 11) is 0. The minimum atomic E-state index is -0.370. The Morgan fingerprint density at radius 2 is 1.71 bits per heavy atom. The lowest BCUT2D eigenvalue weighted by atomic mass is 9.96. The van der Waals surface area contributed by atoms with Gasteiger partial charge >= 0.3 is 5.97 Å². The highest BCUT2D eigenvalue weighted by Gasteiger charge is 2.18. The molecule has 0 aliphatic rings. The van der Waals surface area contributed by atoms with Crippen LogP contribution in [0.5, 0.6) is 0 Å². The maximum Gasteiger partial charge on any atom is 0.304 e. The molecule has 0 N–H and O–H groups in total. The number of carbonyl (C=O) groups is 2. The SMILES string of the molecule is CC(=O)OCN(CC(C)(C)C)C(C)=O. The summed E-state index contributed by atoms with van der Waals surface area (Å²) in [6.07, 6.45) is 0. The highest BCUT2D eigenvalue weighted by Crippen LogP contribution is 2.15. The number of esters is 1. The number of ether oxygens (including phenoxy) is 1. The van der Waals surface area contributed by atoms with Crippen molar-refractivity contribution in [2.45, 2.75) is 34.6 Å². The highest BCUT2D eigenvalue weighted by molar-refractivity contribution is 5.73. The van der Waals surface area contributed by atoms with Crippen LogP contribution in [0.3, 0.4) is 0 Å². The van der Waals surface area contributed by atoms with Crippen LogP contribution < -0.4 is 0 Å². The summed E-state index contributed by atoms with van der Waals surface area (Å²) in [5.74, 6) is -0.452. The van der Waals surface area contributed by atoms with E-state index in [9.17, 15) is 9.59 Å². The molecule has 14 heavy (non-hydrogen) atoms. The average Bonchev–Trinajstić information content (AvgIpc) is 1.94. The molecule has 4 heteroatoms. The maximum atomic E-state index is 11.2. The molecule has 1 amide bonds. The van der Waals surface area contributed by atoms with Crippen LogP contribution in [0, 0.1) is 5.41 Å². The summed E-state index contributed by atoms with van der Waals surface area (Å²) in [4.78, 5) is 23.3. The standard InChI is InChI=1S/C10H19NO3/c1-8(12)11(6-10(3,4)5)7-14-9(2)13/h6-7H2,1-5H3. The largest absolute Gasteiger partial charge is 0.444 e. The lowest BCUT2D eigenvalue weighted by Crippen LogP contribution is -2.38. The molecule has 0 aliphatic heterocycles. The van der Waals surface area contributed by atoms with Crippen LogP contribution in [0.25, 0.3) is 0 Å². The average molecular weight is 201 g/mol. The zero-order chi connectivity index (χ0) is 11.4. The molecular formula is C10H19NO3.